The first kappa shape index (κ1) is 14.7. The molecule has 0 saturated carbocycles. The molecule has 122 valence electrons. The van der Waals surface area contributed by atoms with Gasteiger partial charge in [0.2, 0.25) is 5.91 Å². The van der Waals surface area contributed by atoms with Gasteiger partial charge >= 0.3 is 0 Å². The molecule has 5 rings (SSSR count). The minimum atomic E-state index is 0.0430. The van der Waals surface area contributed by atoms with Gasteiger partial charge in [0.05, 0.1) is 20.2 Å². The summed E-state index contributed by atoms with van der Waals surface area (Å²) < 4.78 is 5.27. The largest absolute Gasteiger partial charge is 0.497 e. The summed E-state index contributed by atoms with van der Waals surface area (Å²) >= 11 is 0. The van der Waals surface area contributed by atoms with Gasteiger partial charge in [0.25, 0.3) is 0 Å². The molecule has 3 fully saturated rings. The van der Waals surface area contributed by atoms with Crippen molar-refractivity contribution in [2.24, 2.45) is 11.0 Å². The fourth-order valence-electron chi connectivity index (χ4n) is 4.42. The Balaban J connectivity index is 1.73. The molecule has 1 N–H and O–H groups in total. The lowest BCUT2D eigenvalue weighted by Gasteiger charge is -2.42. The van der Waals surface area contributed by atoms with Crippen molar-refractivity contribution in [3.8, 4) is 5.75 Å². The number of quaternary nitrogens is 1. The summed E-state index contributed by atoms with van der Waals surface area (Å²) in [5.74, 6) is 1.54. The molecule has 0 radical (unpaired) electrons. The molecule has 3 saturated heterocycles. The summed E-state index contributed by atoms with van der Waals surface area (Å²) in [5.41, 5.74) is 2.43. The van der Waals surface area contributed by atoms with Crippen LogP contribution in [0.15, 0.2) is 29.4 Å². The predicted molar refractivity (Wildman–Crippen MR) is 87.5 cm³/mol. The number of hydrazone groups is 1. The monoisotopic (exact) mass is 314 g/mol. The van der Waals surface area contributed by atoms with E-state index in [1.807, 2.05) is 19.1 Å². The average molecular weight is 314 g/mol. The number of nitrogens with one attached hydrogen (secondary N) is 1. The Hall–Kier alpha value is -1.88. The molecule has 0 aromatic heterocycles. The number of amides is 1. The summed E-state index contributed by atoms with van der Waals surface area (Å²) in [4.78, 5) is 14.1. The van der Waals surface area contributed by atoms with Crippen LogP contribution in [0.4, 0.5) is 0 Å². The second kappa shape index (κ2) is 5.64. The number of hydrogen-bond acceptors (Lipinski definition) is 3. The van der Waals surface area contributed by atoms with E-state index < -0.39 is 0 Å². The van der Waals surface area contributed by atoms with Crippen molar-refractivity contribution in [2.75, 3.05) is 20.2 Å². The normalized spacial score (nSPS) is 31.7. The maximum atomic E-state index is 12.5. The lowest BCUT2D eigenvalue weighted by atomic mass is 9.78. The summed E-state index contributed by atoms with van der Waals surface area (Å²) in [5, 5.41) is 6.58. The molecule has 2 atom stereocenters. The van der Waals surface area contributed by atoms with Gasteiger partial charge in [-0.1, -0.05) is 19.1 Å². The van der Waals surface area contributed by atoms with Crippen LogP contribution in [0.2, 0.25) is 0 Å². The second-order valence-corrected chi connectivity index (χ2v) is 6.74. The van der Waals surface area contributed by atoms with E-state index in [0.717, 1.165) is 11.3 Å². The lowest BCUT2D eigenvalue weighted by molar-refractivity contribution is -0.927. The van der Waals surface area contributed by atoms with Crippen LogP contribution >= 0.6 is 0 Å². The third-order valence-corrected chi connectivity index (χ3v) is 5.62. The number of carbonyl (C=O) groups excluding carboxylic acids is 1. The Labute approximate surface area is 136 Å². The Morgan fingerprint density at radius 1 is 1.30 bits per heavy atom. The quantitative estimate of drug-likeness (QED) is 0.905. The number of carbonyl (C=O) groups is 1. The van der Waals surface area contributed by atoms with Gasteiger partial charge in [0.1, 0.15) is 17.5 Å². The van der Waals surface area contributed by atoms with Crippen molar-refractivity contribution in [1.29, 1.82) is 0 Å². The maximum absolute atomic E-state index is 12.5. The predicted octanol–water partition coefficient (Wildman–Crippen LogP) is 1.02. The molecule has 4 heterocycles. The highest BCUT2D eigenvalue weighted by molar-refractivity contribution is 5.96. The molecule has 23 heavy (non-hydrogen) atoms. The fourth-order valence-corrected chi connectivity index (χ4v) is 4.42. The zero-order valence-corrected chi connectivity index (χ0v) is 13.8. The number of nitrogens with zero attached hydrogens (tertiary/aromatic N) is 2. The first-order valence-corrected chi connectivity index (χ1v) is 8.62. The molecule has 0 unspecified atom stereocenters. The smallest absolute Gasteiger partial charge is 0.243 e. The minimum Gasteiger partial charge on any atom is -0.497 e. The van der Waals surface area contributed by atoms with E-state index in [1.54, 1.807) is 17.0 Å². The number of benzene rings is 1. The number of ether oxygens (including phenoxy) is 1. The molecular formula is C18H24N3O2+. The molecule has 1 amide bonds. The van der Waals surface area contributed by atoms with Crippen molar-refractivity contribution in [3.05, 3.63) is 29.8 Å². The van der Waals surface area contributed by atoms with Crippen molar-refractivity contribution in [2.45, 2.75) is 38.3 Å². The van der Waals surface area contributed by atoms with Crippen LogP contribution in [-0.2, 0) is 4.79 Å². The van der Waals surface area contributed by atoms with Crippen LogP contribution in [0.25, 0.3) is 0 Å². The molecule has 0 spiro atoms. The standard InChI is InChI=1S/C18H23N3O2/c1-3-15(22)21-17(13-4-6-14(23-2)7-5-13)18-16(19-21)12-8-10-20(18)11-9-12/h4-7,12,17-18H,3,8-11H2,1-2H3/p+1/t17-,18+/m1/s1. The molecule has 5 heteroatoms. The fraction of sp³-hybridized carbons (Fsp3) is 0.556. The van der Waals surface area contributed by atoms with Gasteiger partial charge in [0, 0.05) is 25.2 Å². The molecule has 0 aliphatic carbocycles. The molecule has 1 aromatic rings. The van der Waals surface area contributed by atoms with Gasteiger partial charge in [-0.15, -0.1) is 0 Å². The van der Waals surface area contributed by atoms with Crippen molar-refractivity contribution in [1.82, 2.24) is 5.01 Å². The molecule has 1 aromatic carbocycles. The molecule has 4 aliphatic heterocycles. The van der Waals surface area contributed by atoms with Crippen LogP contribution < -0.4 is 9.64 Å². The van der Waals surface area contributed by atoms with Gasteiger partial charge in [-0.05, 0) is 17.7 Å². The van der Waals surface area contributed by atoms with E-state index in [2.05, 4.69) is 12.1 Å². The van der Waals surface area contributed by atoms with E-state index in [9.17, 15) is 4.79 Å². The van der Waals surface area contributed by atoms with Crippen molar-refractivity contribution < 1.29 is 14.4 Å². The Morgan fingerprint density at radius 3 is 2.61 bits per heavy atom. The van der Waals surface area contributed by atoms with Gasteiger partial charge in [-0.25, -0.2) is 5.01 Å². The lowest BCUT2D eigenvalue weighted by Crippen LogP contribution is -3.20. The van der Waals surface area contributed by atoms with Crippen LogP contribution in [0, 0.1) is 5.92 Å². The SMILES string of the molecule is CCC(=O)N1N=C2C3CC[NH+](CC3)[C@@H]2[C@H]1c1ccc(OC)cc1. The zero-order valence-electron chi connectivity index (χ0n) is 13.8. The van der Waals surface area contributed by atoms with E-state index in [0.29, 0.717) is 18.4 Å². The first-order valence-electron chi connectivity index (χ1n) is 8.62. The average Bonchev–Trinajstić information content (AvgIpc) is 3.04. The highest BCUT2D eigenvalue weighted by atomic mass is 16.5. The van der Waals surface area contributed by atoms with Gasteiger partial charge in [-0.3, -0.25) is 4.79 Å². The van der Waals surface area contributed by atoms with E-state index in [1.165, 1.54) is 31.6 Å². The number of hydrogen-bond donors (Lipinski definition) is 1. The molecular weight excluding hydrogens is 290 g/mol. The van der Waals surface area contributed by atoms with E-state index in [4.69, 9.17) is 9.84 Å². The van der Waals surface area contributed by atoms with Gasteiger partial charge < -0.3 is 9.64 Å². The zero-order chi connectivity index (χ0) is 16.0. The number of fused-ring (bicyclic) bond motifs is 2. The van der Waals surface area contributed by atoms with Gasteiger partial charge in [0.15, 0.2) is 6.04 Å². The maximum Gasteiger partial charge on any atom is 0.243 e. The molecule has 2 bridgehead atoms. The highest BCUT2D eigenvalue weighted by Crippen LogP contribution is 2.37. The Bertz CT molecular complexity index is 632. The Kier molecular flexibility index (Phi) is 3.60. The van der Waals surface area contributed by atoms with Crippen molar-refractivity contribution in [3.63, 3.8) is 0 Å². The summed E-state index contributed by atoms with van der Waals surface area (Å²) in [6.07, 6.45) is 2.93. The first-order chi connectivity index (χ1) is 11.2. The highest BCUT2D eigenvalue weighted by Gasteiger charge is 2.54. The Morgan fingerprint density at radius 2 is 2.00 bits per heavy atom. The third kappa shape index (κ3) is 2.26. The minimum absolute atomic E-state index is 0.0430. The van der Waals surface area contributed by atoms with Crippen LogP contribution in [0.1, 0.15) is 37.8 Å². The number of rotatable bonds is 3. The second-order valence-electron chi connectivity index (χ2n) is 6.74. The van der Waals surface area contributed by atoms with Crippen LogP contribution in [-0.4, -0.2) is 42.9 Å². The molecule has 5 nitrogen and oxygen atoms in total. The van der Waals surface area contributed by atoms with Gasteiger partial charge in [-0.2, -0.15) is 5.10 Å². The van der Waals surface area contributed by atoms with Crippen LogP contribution in [0.5, 0.6) is 5.75 Å². The van der Waals surface area contributed by atoms with Crippen LogP contribution in [0.3, 0.4) is 0 Å². The summed E-state index contributed by atoms with van der Waals surface area (Å²) in [6.45, 7) is 4.32. The topological polar surface area (TPSA) is 46.3 Å². The number of methoxy groups -OCH3 is 1. The molecule has 4 aliphatic rings. The number of piperidine rings is 3. The summed E-state index contributed by atoms with van der Waals surface area (Å²) in [7, 11) is 1.68. The third-order valence-electron chi connectivity index (χ3n) is 5.62. The summed E-state index contributed by atoms with van der Waals surface area (Å²) in [6, 6.07) is 8.51. The van der Waals surface area contributed by atoms with Crippen molar-refractivity contribution >= 4 is 11.6 Å². The van der Waals surface area contributed by atoms with E-state index >= 15 is 0 Å². The van der Waals surface area contributed by atoms with E-state index in [-0.39, 0.29) is 11.9 Å².